The molecule has 0 unspecified atom stereocenters. The monoisotopic (exact) mass is 334 g/mol. The summed E-state index contributed by atoms with van der Waals surface area (Å²) in [5.41, 5.74) is -0.619. The zero-order chi connectivity index (χ0) is 17.9. The van der Waals surface area contributed by atoms with Crippen molar-refractivity contribution in [1.29, 1.82) is 0 Å². The summed E-state index contributed by atoms with van der Waals surface area (Å²) in [5, 5.41) is 13.6. The second-order valence-corrected chi connectivity index (χ2v) is 6.98. The summed E-state index contributed by atoms with van der Waals surface area (Å²) in [6.07, 6.45) is 3.88. The zero-order valence-corrected chi connectivity index (χ0v) is 14.1. The molecule has 1 aromatic rings. The summed E-state index contributed by atoms with van der Waals surface area (Å²) < 4.78 is 0. The maximum absolute atomic E-state index is 12.5. The Hall–Kier alpha value is -2.51. The van der Waals surface area contributed by atoms with E-state index in [1.807, 2.05) is 20.8 Å². The first-order valence-corrected chi connectivity index (χ1v) is 7.89. The number of hydrogen-bond donors (Lipinski definition) is 1. The molecule has 0 aliphatic carbocycles. The number of likely N-dealkylation sites (tertiary alicyclic amines) is 1. The van der Waals surface area contributed by atoms with Crippen LogP contribution in [0, 0.1) is 21.4 Å². The number of pyridine rings is 1. The SMILES string of the molecule is CC(C)(C)C(=O)N1CCC[C@H](C(=O)Nc2ccncc2[N+](=O)[O-])C1. The topological polar surface area (TPSA) is 105 Å². The average molecular weight is 334 g/mol. The van der Waals surface area contributed by atoms with Crippen LogP contribution in [0.4, 0.5) is 11.4 Å². The van der Waals surface area contributed by atoms with E-state index in [2.05, 4.69) is 10.3 Å². The van der Waals surface area contributed by atoms with Gasteiger partial charge in [0.1, 0.15) is 11.9 Å². The number of rotatable bonds is 3. The van der Waals surface area contributed by atoms with Crippen LogP contribution in [0.15, 0.2) is 18.5 Å². The molecule has 1 fully saturated rings. The summed E-state index contributed by atoms with van der Waals surface area (Å²) in [6, 6.07) is 1.40. The predicted molar refractivity (Wildman–Crippen MR) is 88.3 cm³/mol. The molecule has 24 heavy (non-hydrogen) atoms. The van der Waals surface area contributed by atoms with Crippen LogP contribution in [0.1, 0.15) is 33.6 Å². The lowest BCUT2D eigenvalue weighted by molar-refractivity contribution is -0.384. The summed E-state index contributed by atoms with van der Waals surface area (Å²) in [6.45, 7) is 6.51. The number of carbonyl (C=O) groups is 2. The Morgan fingerprint density at radius 2 is 2.12 bits per heavy atom. The third kappa shape index (κ3) is 4.06. The second kappa shape index (κ2) is 6.94. The molecule has 1 aliphatic heterocycles. The number of nitrogens with one attached hydrogen (secondary N) is 1. The molecule has 130 valence electrons. The Morgan fingerprint density at radius 1 is 1.42 bits per heavy atom. The number of aromatic nitrogens is 1. The van der Waals surface area contributed by atoms with E-state index in [1.165, 1.54) is 12.3 Å². The molecule has 1 saturated heterocycles. The van der Waals surface area contributed by atoms with Gasteiger partial charge in [0.2, 0.25) is 11.8 Å². The van der Waals surface area contributed by atoms with Crippen molar-refractivity contribution in [3.8, 4) is 0 Å². The normalized spacial score (nSPS) is 18.1. The molecular formula is C16H22N4O4. The van der Waals surface area contributed by atoms with E-state index in [1.54, 1.807) is 4.90 Å². The van der Waals surface area contributed by atoms with Crippen molar-refractivity contribution >= 4 is 23.2 Å². The number of nitrogens with zero attached hydrogens (tertiary/aromatic N) is 3. The fourth-order valence-corrected chi connectivity index (χ4v) is 2.72. The average Bonchev–Trinajstić information content (AvgIpc) is 2.53. The van der Waals surface area contributed by atoms with Crippen LogP contribution in [0.25, 0.3) is 0 Å². The van der Waals surface area contributed by atoms with E-state index in [-0.39, 0.29) is 29.1 Å². The van der Waals surface area contributed by atoms with Gasteiger partial charge in [-0.1, -0.05) is 20.8 Å². The number of hydrogen-bond acceptors (Lipinski definition) is 5. The maximum atomic E-state index is 12.5. The quantitative estimate of drug-likeness (QED) is 0.674. The minimum atomic E-state index is -0.584. The smallest absolute Gasteiger partial charge is 0.310 e. The van der Waals surface area contributed by atoms with E-state index in [0.29, 0.717) is 19.5 Å². The molecule has 0 saturated carbocycles. The first-order valence-electron chi connectivity index (χ1n) is 7.89. The summed E-state index contributed by atoms with van der Waals surface area (Å²) >= 11 is 0. The molecule has 0 aromatic carbocycles. The lowest BCUT2D eigenvalue weighted by Gasteiger charge is -2.35. The standard InChI is InChI=1S/C16H22N4O4/c1-16(2,3)15(22)19-8-4-5-11(10-19)14(21)18-12-6-7-17-9-13(12)20(23)24/h6-7,9,11H,4-5,8,10H2,1-3H3,(H,17,18,21)/t11-/m0/s1. The van der Waals surface area contributed by atoms with Crippen molar-refractivity contribution in [2.24, 2.45) is 11.3 Å². The molecule has 0 bridgehead atoms. The Morgan fingerprint density at radius 3 is 2.75 bits per heavy atom. The zero-order valence-electron chi connectivity index (χ0n) is 14.1. The lowest BCUT2D eigenvalue weighted by atomic mass is 9.91. The van der Waals surface area contributed by atoms with Crippen molar-refractivity contribution in [3.05, 3.63) is 28.6 Å². The van der Waals surface area contributed by atoms with E-state index >= 15 is 0 Å². The van der Waals surface area contributed by atoms with Gasteiger partial charge >= 0.3 is 5.69 Å². The maximum Gasteiger partial charge on any atom is 0.310 e. The van der Waals surface area contributed by atoms with Gasteiger partial charge in [0, 0.05) is 24.7 Å². The molecule has 2 rings (SSSR count). The van der Waals surface area contributed by atoms with Crippen LogP contribution < -0.4 is 5.32 Å². The highest BCUT2D eigenvalue weighted by molar-refractivity contribution is 5.95. The number of piperidine rings is 1. The first kappa shape index (κ1) is 17.8. The molecule has 2 amide bonds. The van der Waals surface area contributed by atoms with Gasteiger partial charge in [-0.3, -0.25) is 24.7 Å². The van der Waals surface area contributed by atoms with Gasteiger partial charge in [0.15, 0.2) is 0 Å². The van der Waals surface area contributed by atoms with Crippen LogP contribution in [0.3, 0.4) is 0 Å². The van der Waals surface area contributed by atoms with Crippen LogP contribution >= 0.6 is 0 Å². The fraction of sp³-hybridized carbons (Fsp3) is 0.562. The van der Waals surface area contributed by atoms with Crippen LogP contribution in [-0.2, 0) is 9.59 Å². The summed E-state index contributed by atoms with van der Waals surface area (Å²) in [4.78, 5) is 40.7. The van der Waals surface area contributed by atoms with E-state index in [0.717, 1.165) is 12.6 Å². The largest absolute Gasteiger partial charge is 0.341 e. The third-order valence-electron chi connectivity index (χ3n) is 3.98. The highest BCUT2D eigenvalue weighted by Gasteiger charge is 2.33. The van der Waals surface area contributed by atoms with E-state index in [9.17, 15) is 19.7 Å². The van der Waals surface area contributed by atoms with E-state index in [4.69, 9.17) is 0 Å². The molecule has 0 spiro atoms. The highest BCUT2D eigenvalue weighted by atomic mass is 16.6. The van der Waals surface area contributed by atoms with Gasteiger partial charge in [-0.2, -0.15) is 0 Å². The second-order valence-electron chi connectivity index (χ2n) is 6.98. The molecule has 0 radical (unpaired) electrons. The number of nitro groups is 1. The van der Waals surface area contributed by atoms with E-state index < -0.39 is 10.3 Å². The van der Waals surface area contributed by atoms with Gasteiger partial charge < -0.3 is 10.2 Å². The van der Waals surface area contributed by atoms with Crippen LogP contribution in [0.5, 0.6) is 0 Å². The minimum absolute atomic E-state index is 0.00916. The summed E-state index contributed by atoms with van der Waals surface area (Å²) in [7, 11) is 0. The lowest BCUT2D eigenvalue weighted by Crippen LogP contribution is -2.47. The number of anilines is 1. The van der Waals surface area contributed by atoms with Crippen molar-refractivity contribution in [1.82, 2.24) is 9.88 Å². The van der Waals surface area contributed by atoms with Gasteiger partial charge in [-0.05, 0) is 18.9 Å². The van der Waals surface area contributed by atoms with Gasteiger partial charge in [-0.25, -0.2) is 0 Å². The molecule has 2 heterocycles. The Balaban J connectivity index is 2.08. The van der Waals surface area contributed by atoms with Gasteiger partial charge in [-0.15, -0.1) is 0 Å². The van der Waals surface area contributed by atoms with Crippen molar-refractivity contribution in [3.63, 3.8) is 0 Å². The van der Waals surface area contributed by atoms with Crippen molar-refractivity contribution < 1.29 is 14.5 Å². The highest BCUT2D eigenvalue weighted by Crippen LogP contribution is 2.26. The Labute approximate surface area is 140 Å². The van der Waals surface area contributed by atoms with Crippen molar-refractivity contribution in [2.75, 3.05) is 18.4 Å². The molecular weight excluding hydrogens is 312 g/mol. The molecule has 1 aliphatic rings. The first-order chi connectivity index (χ1) is 11.2. The molecule has 1 aromatic heterocycles. The van der Waals surface area contributed by atoms with Gasteiger partial charge in [0.25, 0.3) is 0 Å². The third-order valence-corrected chi connectivity index (χ3v) is 3.98. The van der Waals surface area contributed by atoms with Gasteiger partial charge in [0.05, 0.1) is 10.8 Å². The molecule has 1 atom stereocenters. The minimum Gasteiger partial charge on any atom is -0.341 e. The fourth-order valence-electron chi connectivity index (χ4n) is 2.72. The number of carbonyl (C=O) groups excluding carboxylic acids is 2. The van der Waals surface area contributed by atoms with Crippen LogP contribution in [-0.4, -0.2) is 39.7 Å². The van der Waals surface area contributed by atoms with Crippen molar-refractivity contribution in [2.45, 2.75) is 33.6 Å². The Bertz CT molecular complexity index is 654. The number of amides is 2. The molecule has 8 heteroatoms. The molecule has 1 N–H and O–H groups in total. The summed E-state index contributed by atoms with van der Waals surface area (Å²) in [5.74, 6) is -0.677. The predicted octanol–water partition coefficient (Wildman–Crippen LogP) is 2.21. The molecule has 8 nitrogen and oxygen atoms in total. The van der Waals surface area contributed by atoms with Crippen LogP contribution in [0.2, 0.25) is 0 Å². The Kier molecular flexibility index (Phi) is 5.16.